The van der Waals surface area contributed by atoms with Crippen LogP contribution in [-0.2, 0) is 0 Å². The van der Waals surface area contributed by atoms with Crippen molar-refractivity contribution in [1.29, 1.82) is 0 Å². The Morgan fingerprint density at radius 1 is 1.00 bits per heavy atom. The monoisotopic (exact) mass is 214 g/mol. The third-order valence-corrected chi connectivity index (χ3v) is 5.05. The molecule has 4 atom stereocenters. The van der Waals surface area contributed by atoms with Crippen LogP contribution in [0.3, 0.4) is 0 Å². The fourth-order valence-corrected chi connectivity index (χ4v) is 3.96. The molecule has 0 heteroatoms. The first-order chi connectivity index (χ1) is 7.74. The van der Waals surface area contributed by atoms with Crippen molar-refractivity contribution in [2.75, 3.05) is 0 Å². The van der Waals surface area contributed by atoms with E-state index in [2.05, 4.69) is 38.1 Å². The van der Waals surface area contributed by atoms with Crippen molar-refractivity contribution in [1.82, 2.24) is 0 Å². The Bertz CT molecular complexity index is 362. The molecule has 2 aliphatic carbocycles. The summed E-state index contributed by atoms with van der Waals surface area (Å²) in [6.45, 7) is 4.66. The van der Waals surface area contributed by atoms with Gasteiger partial charge in [0.1, 0.15) is 0 Å². The molecule has 0 heterocycles. The Hall–Kier alpha value is -0.780. The molecule has 0 N–H and O–H groups in total. The third-order valence-electron chi connectivity index (χ3n) is 5.05. The molecule has 0 saturated heterocycles. The molecule has 0 amide bonds. The Balaban J connectivity index is 1.86. The maximum absolute atomic E-state index is 2.48. The van der Waals surface area contributed by atoms with Gasteiger partial charge in [0, 0.05) is 0 Å². The van der Waals surface area contributed by atoms with Gasteiger partial charge in [-0.05, 0) is 55.4 Å². The zero-order valence-corrected chi connectivity index (χ0v) is 10.4. The number of aryl methyl sites for hydroxylation is 1. The van der Waals surface area contributed by atoms with Crippen molar-refractivity contribution in [2.24, 2.45) is 17.8 Å². The standard InChI is InChI=1S/C16H22/c1-11-3-6-14(7-4-11)16-10-13-5-8-15(9-13)12(16)2/h3-4,6-7,12-13,15-16H,5,8-10H2,1-2H3. The smallest absolute Gasteiger partial charge is 0.0131 e. The lowest BCUT2D eigenvalue weighted by molar-refractivity contribution is 0.226. The van der Waals surface area contributed by atoms with Gasteiger partial charge in [0.2, 0.25) is 0 Å². The van der Waals surface area contributed by atoms with Crippen LogP contribution in [0.25, 0.3) is 0 Å². The SMILES string of the molecule is Cc1ccc(C2CC3CCC(C3)C2C)cc1. The van der Waals surface area contributed by atoms with Gasteiger partial charge >= 0.3 is 0 Å². The maximum Gasteiger partial charge on any atom is -0.0131 e. The van der Waals surface area contributed by atoms with E-state index < -0.39 is 0 Å². The highest BCUT2D eigenvalue weighted by molar-refractivity contribution is 5.26. The Morgan fingerprint density at radius 3 is 2.50 bits per heavy atom. The molecule has 1 aromatic carbocycles. The molecule has 1 aromatic rings. The summed E-state index contributed by atoms with van der Waals surface area (Å²) in [5.41, 5.74) is 2.98. The van der Waals surface area contributed by atoms with Gasteiger partial charge in [-0.25, -0.2) is 0 Å². The number of hydrogen-bond donors (Lipinski definition) is 0. The zero-order valence-electron chi connectivity index (χ0n) is 10.4. The summed E-state index contributed by atoms with van der Waals surface area (Å²) >= 11 is 0. The van der Waals surface area contributed by atoms with Crippen molar-refractivity contribution >= 4 is 0 Å². The summed E-state index contributed by atoms with van der Waals surface area (Å²) < 4.78 is 0. The number of fused-ring (bicyclic) bond motifs is 2. The van der Waals surface area contributed by atoms with Crippen molar-refractivity contribution < 1.29 is 0 Å². The molecule has 16 heavy (non-hydrogen) atoms. The molecule has 0 radical (unpaired) electrons. The van der Waals surface area contributed by atoms with Gasteiger partial charge in [-0.15, -0.1) is 0 Å². The van der Waals surface area contributed by atoms with E-state index in [9.17, 15) is 0 Å². The Kier molecular flexibility index (Phi) is 2.53. The fourth-order valence-electron chi connectivity index (χ4n) is 3.96. The molecule has 4 unspecified atom stereocenters. The van der Waals surface area contributed by atoms with Crippen molar-refractivity contribution in [3.05, 3.63) is 35.4 Å². The van der Waals surface area contributed by atoms with Gasteiger partial charge in [-0.2, -0.15) is 0 Å². The predicted octanol–water partition coefficient (Wildman–Crippen LogP) is 4.53. The molecule has 0 aromatic heterocycles. The molecule has 86 valence electrons. The number of rotatable bonds is 1. The second-order valence-electron chi connectivity index (χ2n) is 6.05. The molecular formula is C16H22. The summed E-state index contributed by atoms with van der Waals surface area (Å²) in [6, 6.07) is 9.28. The molecule has 3 rings (SSSR count). The van der Waals surface area contributed by atoms with Crippen LogP contribution in [-0.4, -0.2) is 0 Å². The van der Waals surface area contributed by atoms with Gasteiger partial charge in [-0.3, -0.25) is 0 Å². The van der Waals surface area contributed by atoms with Crippen LogP contribution in [0.2, 0.25) is 0 Å². The lowest BCUT2D eigenvalue weighted by Gasteiger charge is -2.34. The van der Waals surface area contributed by atoms with Gasteiger partial charge in [-0.1, -0.05) is 43.2 Å². The van der Waals surface area contributed by atoms with E-state index in [4.69, 9.17) is 0 Å². The summed E-state index contributed by atoms with van der Waals surface area (Å²) in [6.07, 6.45) is 5.95. The van der Waals surface area contributed by atoms with Crippen LogP contribution in [0.4, 0.5) is 0 Å². The first-order valence-corrected chi connectivity index (χ1v) is 6.80. The zero-order chi connectivity index (χ0) is 11.1. The lowest BCUT2D eigenvalue weighted by Crippen LogP contribution is -2.23. The fraction of sp³-hybridized carbons (Fsp3) is 0.625. The minimum Gasteiger partial charge on any atom is -0.0617 e. The number of benzene rings is 1. The third kappa shape index (κ3) is 1.69. The van der Waals surface area contributed by atoms with Crippen LogP contribution in [0, 0.1) is 24.7 Å². The molecule has 0 nitrogen and oxygen atoms in total. The van der Waals surface area contributed by atoms with E-state index in [1.165, 1.54) is 31.2 Å². The normalized spacial score (nSPS) is 37.6. The maximum atomic E-state index is 2.48. The molecule has 2 aliphatic rings. The molecule has 0 spiro atoms. The van der Waals surface area contributed by atoms with Crippen LogP contribution in [0.15, 0.2) is 24.3 Å². The van der Waals surface area contributed by atoms with Crippen LogP contribution >= 0.6 is 0 Å². The minimum absolute atomic E-state index is 0.840. The topological polar surface area (TPSA) is 0 Å². The van der Waals surface area contributed by atoms with Gasteiger partial charge in [0.25, 0.3) is 0 Å². The molecule has 2 fully saturated rings. The van der Waals surface area contributed by atoms with E-state index in [0.717, 1.165) is 23.7 Å². The largest absolute Gasteiger partial charge is 0.0617 e. The van der Waals surface area contributed by atoms with Gasteiger partial charge in [0.05, 0.1) is 0 Å². The van der Waals surface area contributed by atoms with E-state index in [0.29, 0.717) is 0 Å². The molecular weight excluding hydrogens is 192 g/mol. The second-order valence-corrected chi connectivity index (χ2v) is 6.05. The Labute approximate surface area is 99.1 Å². The molecule has 0 aliphatic heterocycles. The first-order valence-electron chi connectivity index (χ1n) is 6.80. The first kappa shape index (κ1) is 10.4. The van der Waals surface area contributed by atoms with Crippen LogP contribution in [0.1, 0.15) is 49.7 Å². The Morgan fingerprint density at radius 2 is 1.75 bits per heavy atom. The quantitative estimate of drug-likeness (QED) is 0.644. The van der Waals surface area contributed by atoms with Gasteiger partial charge in [0.15, 0.2) is 0 Å². The average molecular weight is 214 g/mol. The highest BCUT2D eigenvalue weighted by atomic mass is 14.4. The van der Waals surface area contributed by atoms with Crippen LogP contribution in [0.5, 0.6) is 0 Å². The highest BCUT2D eigenvalue weighted by Crippen LogP contribution is 2.51. The summed E-state index contributed by atoms with van der Waals surface area (Å²) in [7, 11) is 0. The molecule has 2 bridgehead atoms. The van der Waals surface area contributed by atoms with Crippen molar-refractivity contribution in [2.45, 2.75) is 45.4 Å². The van der Waals surface area contributed by atoms with E-state index in [1.807, 2.05) is 0 Å². The van der Waals surface area contributed by atoms with E-state index in [-0.39, 0.29) is 0 Å². The van der Waals surface area contributed by atoms with Crippen molar-refractivity contribution in [3.8, 4) is 0 Å². The molecule has 2 saturated carbocycles. The second kappa shape index (κ2) is 3.91. The number of hydrogen-bond acceptors (Lipinski definition) is 0. The summed E-state index contributed by atoms with van der Waals surface area (Å²) in [5.74, 6) is 3.80. The minimum atomic E-state index is 0.840. The van der Waals surface area contributed by atoms with E-state index >= 15 is 0 Å². The summed E-state index contributed by atoms with van der Waals surface area (Å²) in [4.78, 5) is 0. The summed E-state index contributed by atoms with van der Waals surface area (Å²) in [5, 5.41) is 0. The van der Waals surface area contributed by atoms with Gasteiger partial charge < -0.3 is 0 Å². The van der Waals surface area contributed by atoms with E-state index in [1.54, 1.807) is 5.56 Å². The lowest BCUT2D eigenvalue weighted by atomic mass is 9.70. The highest BCUT2D eigenvalue weighted by Gasteiger charge is 2.39. The average Bonchev–Trinajstić information content (AvgIpc) is 2.69. The van der Waals surface area contributed by atoms with Crippen molar-refractivity contribution in [3.63, 3.8) is 0 Å². The predicted molar refractivity (Wildman–Crippen MR) is 68.5 cm³/mol. The van der Waals surface area contributed by atoms with Crippen LogP contribution < -0.4 is 0 Å².